The van der Waals surface area contributed by atoms with Crippen LogP contribution in [-0.2, 0) is 6.42 Å². The summed E-state index contributed by atoms with van der Waals surface area (Å²) in [5, 5.41) is 15.6. The van der Waals surface area contributed by atoms with E-state index in [0.29, 0.717) is 26.5 Å². The molecule has 1 heterocycles. The molecule has 3 aromatic carbocycles. The van der Waals surface area contributed by atoms with Gasteiger partial charge in [-0.2, -0.15) is 0 Å². The summed E-state index contributed by atoms with van der Waals surface area (Å²) in [5.41, 5.74) is 3.05. The van der Waals surface area contributed by atoms with Gasteiger partial charge in [0.2, 0.25) is 0 Å². The third kappa shape index (κ3) is 5.26. The number of hydrogen-bond donors (Lipinski definition) is 4. The van der Waals surface area contributed by atoms with Crippen LogP contribution in [0.2, 0.25) is 0 Å². The molecule has 0 aliphatic carbocycles. The maximum atomic E-state index is 14.0. The molecule has 4 rings (SSSR count). The van der Waals surface area contributed by atoms with Crippen molar-refractivity contribution in [3.8, 4) is 11.1 Å². The van der Waals surface area contributed by atoms with Gasteiger partial charge in [0.1, 0.15) is 11.6 Å². The van der Waals surface area contributed by atoms with Crippen LogP contribution < -0.4 is 10.6 Å². The lowest BCUT2D eigenvalue weighted by atomic mass is 10.00. The summed E-state index contributed by atoms with van der Waals surface area (Å²) in [6, 6.07) is 13.6. The molecule has 0 aliphatic rings. The van der Waals surface area contributed by atoms with Crippen LogP contribution in [0.15, 0.2) is 65.3 Å². The summed E-state index contributed by atoms with van der Waals surface area (Å²) >= 11 is 3.40. The molecule has 4 aromatic rings. The molecule has 0 radical (unpaired) electrons. The summed E-state index contributed by atoms with van der Waals surface area (Å²) in [7, 11) is 1.55. The summed E-state index contributed by atoms with van der Waals surface area (Å²) in [6.07, 6.45) is 1.70. The molecule has 0 spiro atoms. The number of amides is 2. The van der Waals surface area contributed by atoms with Crippen LogP contribution in [0, 0.1) is 11.6 Å². The van der Waals surface area contributed by atoms with E-state index >= 15 is 0 Å². The second-order valence-electron chi connectivity index (χ2n) is 8.04. The van der Waals surface area contributed by atoms with Crippen molar-refractivity contribution in [1.29, 1.82) is 0 Å². The number of halogens is 3. The fraction of sp³-hybridized carbons (Fsp3) is 0.154. The minimum atomic E-state index is -0.711. The van der Waals surface area contributed by atoms with Crippen molar-refractivity contribution >= 4 is 38.6 Å². The largest absolute Gasteiger partial charge is 0.394 e. The van der Waals surface area contributed by atoms with E-state index < -0.39 is 23.6 Å². The lowest BCUT2D eigenvalue weighted by Crippen LogP contribution is -2.39. The molecular weight excluding hydrogens is 520 g/mol. The van der Waals surface area contributed by atoms with E-state index in [0.717, 1.165) is 17.2 Å². The molecule has 0 bridgehead atoms. The Morgan fingerprint density at radius 2 is 1.83 bits per heavy atom. The number of aliphatic hydroxyl groups excluding tert-OH is 1. The maximum Gasteiger partial charge on any atom is 0.252 e. The quantitative estimate of drug-likeness (QED) is 0.276. The predicted octanol–water partition coefficient (Wildman–Crippen LogP) is 4.57. The number of hydrogen-bond acceptors (Lipinski definition) is 3. The van der Waals surface area contributed by atoms with E-state index in [1.165, 1.54) is 12.3 Å². The molecular formula is C26H22BrF2N3O3. The van der Waals surface area contributed by atoms with E-state index in [-0.39, 0.29) is 24.5 Å². The molecule has 9 heteroatoms. The van der Waals surface area contributed by atoms with E-state index in [9.17, 15) is 23.5 Å². The Bertz CT molecular complexity index is 1420. The van der Waals surface area contributed by atoms with Gasteiger partial charge in [-0.1, -0.05) is 18.2 Å². The zero-order chi connectivity index (χ0) is 25.1. The molecule has 1 atom stereocenters. The lowest BCUT2D eigenvalue weighted by molar-refractivity contribution is 0.0914. The first kappa shape index (κ1) is 24.6. The van der Waals surface area contributed by atoms with Crippen LogP contribution in [0.5, 0.6) is 0 Å². The van der Waals surface area contributed by atoms with Gasteiger partial charge in [-0.3, -0.25) is 9.59 Å². The Labute approximate surface area is 208 Å². The van der Waals surface area contributed by atoms with Gasteiger partial charge in [0.25, 0.3) is 11.8 Å². The summed E-state index contributed by atoms with van der Waals surface area (Å²) in [4.78, 5) is 27.9. The van der Waals surface area contributed by atoms with Crippen molar-refractivity contribution < 1.29 is 23.5 Å². The van der Waals surface area contributed by atoms with Crippen molar-refractivity contribution in [2.45, 2.75) is 12.5 Å². The fourth-order valence-electron chi connectivity index (χ4n) is 3.93. The fourth-order valence-corrected chi connectivity index (χ4v) is 4.36. The second-order valence-corrected chi connectivity index (χ2v) is 8.89. The number of rotatable bonds is 7. The third-order valence-corrected chi connectivity index (χ3v) is 6.40. The number of benzene rings is 3. The third-order valence-electron chi connectivity index (χ3n) is 5.71. The van der Waals surface area contributed by atoms with Crippen LogP contribution in [-0.4, -0.2) is 41.6 Å². The smallest absolute Gasteiger partial charge is 0.252 e. The number of H-pyrrole nitrogens is 1. The van der Waals surface area contributed by atoms with Gasteiger partial charge < -0.3 is 20.7 Å². The van der Waals surface area contributed by atoms with Gasteiger partial charge >= 0.3 is 0 Å². The molecule has 1 unspecified atom stereocenters. The Hall–Kier alpha value is -3.56. The first-order chi connectivity index (χ1) is 16.8. The van der Waals surface area contributed by atoms with Gasteiger partial charge in [-0.25, -0.2) is 8.78 Å². The number of aromatic nitrogens is 1. The first-order valence-corrected chi connectivity index (χ1v) is 11.6. The van der Waals surface area contributed by atoms with E-state index in [1.807, 2.05) is 12.1 Å². The highest BCUT2D eigenvalue weighted by Gasteiger charge is 2.19. The van der Waals surface area contributed by atoms with Crippen LogP contribution in [0.3, 0.4) is 0 Å². The van der Waals surface area contributed by atoms with E-state index in [2.05, 4.69) is 31.5 Å². The van der Waals surface area contributed by atoms with Crippen LogP contribution >= 0.6 is 15.9 Å². The zero-order valence-electron chi connectivity index (χ0n) is 18.7. The van der Waals surface area contributed by atoms with Crippen molar-refractivity contribution in [2.75, 3.05) is 13.7 Å². The predicted molar refractivity (Wildman–Crippen MR) is 133 cm³/mol. The summed E-state index contributed by atoms with van der Waals surface area (Å²) in [6.45, 7) is -0.373. The number of carbonyl (C=O) groups is 2. The Kier molecular flexibility index (Phi) is 7.28. The van der Waals surface area contributed by atoms with Gasteiger partial charge in [-0.15, -0.1) is 0 Å². The Balaban J connectivity index is 1.57. The average molecular weight is 542 g/mol. The molecule has 0 saturated heterocycles. The molecule has 2 amide bonds. The summed E-state index contributed by atoms with van der Waals surface area (Å²) < 4.78 is 28.3. The van der Waals surface area contributed by atoms with Gasteiger partial charge in [0, 0.05) is 34.7 Å². The summed E-state index contributed by atoms with van der Waals surface area (Å²) in [5.74, 6) is -2.07. The number of aromatic amines is 1. The molecule has 180 valence electrons. The van der Waals surface area contributed by atoms with Crippen molar-refractivity contribution in [1.82, 2.24) is 15.6 Å². The zero-order valence-corrected chi connectivity index (χ0v) is 20.2. The minimum Gasteiger partial charge on any atom is -0.394 e. The monoisotopic (exact) mass is 541 g/mol. The Morgan fingerprint density at radius 3 is 2.57 bits per heavy atom. The minimum absolute atomic E-state index is 0.163. The molecule has 6 nitrogen and oxygen atoms in total. The highest BCUT2D eigenvalue weighted by molar-refractivity contribution is 9.10. The number of nitrogens with one attached hydrogen (secondary N) is 3. The second kappa shape index (κ2) is 10.4. The van der Waals surface area contributed by atoms with Crippen LogP contribution in [0.25, 0.3) is 22.0 Å². The highest BCUT2D eigenvalue weighted by atomic mass is 79.9. The number of carbonyl (C=O) groups excluding carboxylic acids is 2. The molecule has 4 N–H and O–H groups in total. The highest BCUT2D eigenvalue weighted by Crippen LogP contribution is 2.27. The van der Waals surface area contributed by atoms with Crippen molar-refractivity contribution in [3.63, 3.8) is 0 Å². The molecule has 0 saturated carbocycles. The molecule has 1 aromatic heterocycles. The van der Waals surface area contributed by atoms with E-state index in [1.54, 1.807) is 37.4 Å². The topological polar surface area (TPSA) is 94.2 Å². The SMILES string of the molecule is CNC(=O)c1cccc(-c2ccc(Br)c(C(=O)NC(CO)Cc3c[nH]c4c(F)cc(F)cc34)c2)c1. The van der Waals surface area contributed by atoms with Crippen LogP contribution in [0.1, 0.15) is 26.3 Å². The van der Waals surface area contributed by atoms with E-state index in [4.69, 9.17) is 0 Å². The average Bonchev–Trinajstić information content (AvgIpc) is 3.26. The van der Waals surface area contributed by atoms with Crippen LogP contribution in [0.4, 0.5) is 8.78 Å². The molecule has 0 fully saturated rings. The number of fused-ring (bicyclic) bond motifs is 1. The molecule has 0 aliphatic heterocycles. The Morgan fingerprint density at radius 1 is 1.06 bits per heavy atom. The standard InChI is InChI=1S/C26H22BrF2N3O3/c1-30-25(34)16-4-2-3-14(7-16)15-5-6-22(27)21(9-15)26(35)32-19(13-33)8-17-12-31-24-20(17)10-18(28)11-23(24)29/h2-7,9-12,19,31,33H,8,13H2,1H3,(H,30,34)(H,32,35). The van der Waals surface area contributed by atoms with Gasteiger partial charge in [-0.05, 0) is 69.4 Å². The van der Waals surface area contributed by atoms with Crippen molar-refractivity contribution in [2.24, 2.45) is 0 Å². The van der Waals surface area contributed by atoms with Gasteiger partial charge in [0.05, 0.1) is 23.7 Å². The normalized spacial score (nSPS) is 11.9. The van der Waals surface area contributed by atoms with Crippen molar-refractivity contribution in [3.05, 3.63) is 93.6 Å². The maximum absolute atomic E-state index is 14.0. The molecule has 35 heavy (non-hydrogen) atoms. The number of aliphatic hydroxyl groups is 1. The lowest BCUT2D eigenvalue weighted by Gasteiger charge is -2.17. The first-order valence-electron chi connectivity index (χ1n) is 10.8. The van der Waals surface area contributed by atoms with Gasteiger partial charge in [0.15, 0.2) is 0 Å².